The third-order valence-electron chi connectivity index (χ3n) is 4.58. The minimum absolute atomic E-state index is 0.161. The second kappa shape index (κ2) is 9.46. The number of rotatable bonds is 7. The van der Waals surface area contributed by atoms with Crippen molar-refractivity contribution in [3.05, 3.63) is 112 Å². The number of nitrogens with one attached hydrogen (secondary N) is 1. The third-order valence-corrected chi connectivity index (χ3v) is 5.11. The highest BCUT2D eigenvalue weighted by Gasteiger charge is 2.09. The van der Waals surface area contributed by atoms with E-state index >= 15 is 0 Å². The number of amides is 1. The van der Waals surface area contributed by atoms with Gasteiger partial charge in [-0.25, -0.2) is 0 Å². The number of hydrogen-bond donors (Lipinski definition) is 1. The Morgan fingerprint density at radius 3 is 2.33 bits per heavy atom. The Morgan fingerprint density at radius 1 is 0.867 bits per heavy atom. The van der Waals surface area contributed by atoms with Crippen LogP contribution in [-0.4, -0.2) is 5.91 Å². The summed E-state index contributed by atoms with van der Waals surface area (Å²) in [6.07, 6.45) is 0. The number of ether oxygens (including phenoxy) is 1. The molecule has 4 aromatic rings. The first-order valence-electron chi connectivity index (χ1n) is 9.57. The maximum atomic E-state index is 12.4. The van der Waals surface area contributed by atoms with Crippen LogP contribution in [0.25, 0.3) is 11.3 Å². The van der Waals surface area contributed by atoms with Gasteiger partial charge in [0, 0.05) is 15.6 Å². The van der Waals surface area contributed by atoms with Gasteiger partial charge in [0.2, 0.25) is 0 Å². The van der Waals surface area contributed by atoms with Crippen LogP contribution in [0.2, 0.25) is 0 Å². The molecule has 0 aliphatic rings. The third kappa shape index (κ3) is 5.19. The van der Waals surface area contributed by atoms with Gasteiger partial charge in [0.05, 0.1) is 6.54 Å². The summed E-state index contributed by atoms with van der Waals surface area (Å²) in [5.41, 5.74) is 2.66. The second-order valence-corrected chi connectivity index (χ2v) is 7.67. The molecule has 1 amide bonds. The van der Waals surface area contributed by atoms with E-state index in [1.807, 2.05) is 66.7 Å². The van der Waals surface area contributed by atoms with Crippen LogP contribution in [0.5, 0.6) is 5.75 Å². The molecule has 3 aromatic carbocycles. The molecule has 1 N–H and O–H groups in total. The molecule has 1 aromatic heterocycles. The lowest BCUT2D eigenvalue weighted by Gasteiger charge is -2.08. The summed E-state index contributed by atoms with van der Waals surface area (Å²) >= 11 is 3.42. The van der Waals surface area contributed by atoms with E-state index in [9.17, 15) is 4.79 Å². The smallest absolute Gasteiger partial charge is 0.251 e. The zero-order chi connectivity index (χ0) is 20.8. The van der Waals surface area contributed by atoms with Gasteiger partial charge in [-0.2, -0.15) is 0 Å². The fraction of sp³-hybridized carbons (Fsp3) is 0.0800. The van der Waals surface area contributed by atoms with Crippen LogP contribution in [0.15, 0.2) is 99.9 Å². The fourth-order valence-electron chi connectivity index (χ4n) is 2.96. The summed E-state index contributed by atoms with van der Waals surface area (Å²) in [7, 11) is 0. The molecule has 5 heteroatoms. The van der Waals surface area contributed by atoms with Gasteiger partial charge in [-0.15, -0.1) is 0 Å². The van der Waals surface area contributed by atoms with Crippen LogP contribution >= 0.6 is 15.9 Å². The van der Waals surface area contributed by atoms with Crippen LogP contribution in [0.1, 0.15) is 21.7 Å². The Kier molecular flexibility index (Phi) is 6.30. The first-order valence-corrected chi connectivity index (χ1v) is 10.4. The normalized spacial score (nSPS) is 10.6. The first kappa shape index (κ1) is 20.0. The fourth-order valence-corrected chi connectivity index (χ4v) is 3.22. The summed E-state index contributed by atoms with van der Waals surface area (Å²) in [4.78, 5) is 12.4. The van der Waals surface area contributed by atoms with Crippen molar-refractivity contribution in [3.63, 3.8) is 0 Å². The molecule has 1 heterocycles. The highest BCUT2D eigenvalue weighted by molar-refractivity contribution is 9.10. The molecular weight excluding hydrogens is 442 g/mol. The number of carbonyl (C=O) groups excluding carboxylic acids is 1. The monoisotopic (exact) mass is 461 g/mol. The molecule has 150 valence electrons. The average molecular weight is 462 g/mol. The Morgan fingerprint density at radius 2 is 1.60 bits per heavy atom. The van der Waals surface area contributed by atoms with E-state index in [0.717, 1.165) is 27.1 Å². The van der Waals surface area contributed by atoms with Crippen LogP contribution in [-0.2, 0) is 13.2 Å². The number of hydrogen-bond acceptors (Lipinski definition) is 3. The molecule has 0 aliphatic carbocycles. The summed E-state index contributed by atoms with van der Waals surface area (Å²) in [5.74, 6) is 2.03. The SMILES string of the molecule is O=C(NCc1ccc(-c2ccc(Br)cc2)o1)c1ccc(OCc2ccccc2)cc1. The predicted octanol–water partition coefficient (Wildman–Crippen LogP) is 6.22. The van der Waals surface area contributed by atoms with Gasteiger partial charge in [-0.1, -0.05) is 58.4 Å². The Balaban J connectivity index is 1.30. The van der Waals surface area contributed by atoms with E-state index in [1.165, 1.54) is 0 Å². The predicted molar refractivity (Wildman–Crippen MR) is 120 cm³/mol. The van der Waals surface area contributed by atoms with Crippen LogP contribution < -0.4 is 10.1 Å². The van der Waals surface area contributed by atoms with E-state index in [1.54, 1.807) is 24.3 Å². The van der Waals surface area contributed by atoms with E-state index in [4.69, 9.17) is 9.15 Å². The first-order chi connectivity index (χ1) is 14.7. The maximum absolute atomic E-state index is 12.4. The molecule has 4 nitrogen and oxygen atoms in total. The van der Waals surface area contributed by atoms with Crippen molar-refractivity contribution in [1.29, 1.82) is 0 Å². The van der Waals surface area contributed by atoms with Gasteiger partial charge in [-0.3, -0.25) is 4.79 Å². The molecule has 0 atom stereocenters. The number of carbonyl (C=O) groups is 1. The van der Waals surface area contributed by atoms with E-state index in [0.29, 0.717) is 24.5 Å². The zero-order valence-electron chi connectivity index (χ0n) is 16.2. The second-order valence-electron chi connectivity index (χ2n) is 6.75. The average Bonchev–Trinajstić information content (AvgIpc) is 3.27. The van der Waals surface area contributed by atoms with Crippen molar-refractivity contribution >= 4 is 21.8 Å². The quantitative estimate of drug-likeness (QED) is 0.355. The molecular formula is C25H20BrNO3. The van der Waals surface area contributed by atoms with Crippen molar-refractivity contribution < 1.29 is 13.9 Å². The van der Waals surface area contributed by atoms with Gasteiger partial charge in [0.15, 0.2) is 0 Å². The Labute approximate surface area is 183 Å². The highest BCUT2D eigenvalue weighted by atomic mass is 79.9. The Hall–Kier alpha value is -3.31. The lowest BCUT2D eigenvalue weighted by atomic mass is 10.2. The van der Waals surface area contributed by atoms with E-state index in [2.05, 4.69) is 21.2 Å². The molecule has 30 heavy (non-hydrogen) atoms. The molecule has 0 saturated heterocycles. The van der Waals surface area contributed by atoms with E-state index < -0.39 is 0 Å². The summed E-state index contributed by atoms with van der Waals surface area (Å²) in [5, 5.41) is 2.89. The van der Waals surface area contributed by atoms with Gasteiger partial charge in [0.1, 0.15) is 23.9 Å². The lowest BCUT2D eigenvalue weighted by molar-refractivity contribution is 0.0948. The van der Waals surface area contributed by atoms with Crippen molar-refractivity contribution in [2.24, 2.45) is 0 Å². The topological polar surface area (TPSA) is 51.5 Å². The van der Waals surface area contributed by atoms with Crippen LogP contribution in [0.3, 0.4) is 0 Å². The van der Waals surface area contributed by atoms with E-state index in [-0.39, 0.29) is 5.91 Å². The number of halogens is 1. The Bertz CT molecular complexity index is 1100. The molecule has 0 unspecified atom stereocenters. The van der Waals surface area contributed by atoms with Crippen molar-refractivity contribution in [3.8, 4) is 17.1 Å². The maximum Gasteiger partial charge on any atom is 0.251 e. The van der Waals surface area contributed by atoms with Crippen LogP contribution in [0, 0.1) is 0 Å². The lowest BCUT2D eigenvalue weighted by Crippen LogP contribution is -2.22. The number of benzene rings is 3. The molecule has 0 radical (unpaired) electrons. The van der Waals surface area contributed by atoms with Crippen molar-refractivity contribution in [1.82, 2.24) is 5.32 Å². The summed E-state index contributed by atoms with van der Waals surface area (Å²) in [6, 6.07) is 28.7. The van der Waals surface area contributed by atoms with Gasteiger partial charge >= 0.3 is 0 Å². The molecule has 0 bridgehead atoms. The van der Waals surface area contributed by atoms with Gasteiger partial charge in [0.25, 0.3) is 5.91 Å². The molecule has 0 aliphatic heterocycles. The molecule has 4 rings (SSSR count). The zero-order valence-corrected chi connectivity index (χ0v) is 17.8. The van der Waals surface area contributed by atoms with Gasteiger partial charge < -0.3 is 14.5 Å². The van der Waals surface area contributed by atoms with Crippen molar-refractivity contribution in [2.45, 2.75) is 13.2 Å². The van der Waals surface area contributed by atoms with Crippen molar-refractivity contribution in [2.75, 3.05) is 0 Å². The summed E-state index contributed by atoms with van der Waals surface area (Å²) < 4.78 is 12.6. The minimum atomic E-state index is -0.161. The molecule has 0 saturated carbocycles. The molecule has 0 spiro atoms. The summed E-state index contributed by atoms with van der Waals surface area (Å²) in [6.45, 7) is 0.813. The van der Waals surface area contributed by atoms with Gasteiger partial charge in [-0.05, 0) is 54.1 Å². The standard InChI is InChI=1S/C25H20BrNO3/c26-21-10-6-19(7-11-21)24-15-14-23(30-24)16-27-25(28)20-8-12-22(13-9-20)29-17-18-4-2-1-3-5-18/h1-15H,16-17H2,(H,27,28). The number of furan rings is 1. The largest absolute Gasteiger partial charge is 0.489 e. The van der Waals surface area contributed by atoms with Crippen LogP contribution in [0.4, 0.5) is 0 Å². The highest BCUT2D eigenvalue weighted by Crippen LogP contribution is 2.24. The minimum Gasteiger partial charge on any atom is -0.489 e. The molecule has 0 fully saturated rings.